The van der Waals surface area contributed by atoms with Crippen LogP contribution in [0.25, 0.3) is 0 Å². The first-order chi connectivity index (χ1) is 8.95. The van der Waals surface area contributed by atoms with Gasteiger partial charge in [-0.15, -0.1) is 0 Å². The highest BCUT2D eigenvalue weighted by Crippen LogP contribution is 2.11. The quantitative estimate of drug-likeness (QED) is 0.748. The summed E-state index contributed by atoms with van der Waals surface area (Å²) in [5, 5.41) is 3.30. The molecule has 0 saturated heterocycles. The van der Waals surface area contributed by atoms with Crippen molar-refractivity contribution in [2.75, 3.05) is 13.2 Å². The zero-order valence-electron chi connectivity index (χ0n) is 11.3. The molecule has 0 fully saturated rings. The lowest BCUT2D eigenvalue weighted by Crippen LogP contribution is -2.52. The molecule has 0 aromatic carbocycles. The van der Waals surface area contributed by atoms with Crippen LogP contribution >= 0.6 is 11.6 Å². The molecule has 19 heavy (non-hydrogen) atoms. The third-order valence-corrected chi connectivity index (χ3v) is 2.85. The summed E-state index contributed by atoms with van der Waals surface area (Å²) in [6.07, 6.45) is 3.03. The Kier molecular flexibility index (Phi) is 6.05. The van der Waals surface area contributed by atoms with E-state index in [9.17, 15) is 4.79 Å². The summed E-state index contributed by atoms with van der Waals surface area (Å²) in [6.45, 7) is 4.45. The fourth-order valence-electron chi connectivity index (χ4n) is 1.60. The molecule has 1 aromatic heterocycles. The molecule has 0 aliphatic heterocycles. The second-order valence-electron chi connectivity index (χ2n) is 4.59. The summed E-state index contributed by atoms with van der Waals surface area (Å²) in [6, 6.07) is 3.37. The Balaban J connectivity index is 2.27. The Hall–Kier alpha value is -1.33. The van der Waals surface area contributed by atoms with Gasteiger partial charge in [-0.25, -0.2) is 4.98 Å². The van der Waals surface area contributed by atoms with Gasteiger partial charge >= 0.3 is 0 Å². The predicted octanol–water partition coefficient (Wildman–Crippen LogP) is 1.75. The molecule has 1 atom stereocenters. The lowest BCUT2D eigenvalue weighted by atomic mass is 9.97. The summed E-state index contributed by atoms with van der Waals surface area (Å²) in [5.41, 5.74) is 5.07. The number of hydrogen-bond acceptors (Lipinski definition) is 4. The molecule has 1 heterocycles. The fraction of sp³-hybridized carbons (Fsp3) is 0.538. The van der Waals surface area contributed by atoms with Gasteiger partial charge < -0.3 is 15.8 Å². The number of carbonyl (C=O) groups excluding carboxylic acids is 1. The molecular formula is C13H20ClN3O2. The summed E-state index contributed by atoms with van der Waals surface area (Å²) in [7, 11) is 0. The van der Waals surface area contributed by atoms with Gasteiger partial charge in [0.25, 0.3) is 0 Å². The Morgan fingerprint density at radius 1 is 1.58 bits per heavy atom. The number of nitrogens with zero attached hydrogens (tertiary/aromatic N) is 1. The molecule has 5 nitrogen and oxygen atoms in total. The molecule has 3 N–H and O–H groups in total. The molecule has 1 rings (SSSR count). The van der Waals surface area contributed by atoms with Crippen molar-refractivity contribution in [3.63, 3.8) is 0 Å². The largest absolute Gasteiger partial charge is 0.476 e. The van der Waals surface area contributed by atoms with E-state index in [1.54, 1.807) is 19.1 Å². The van der Waals surface area contributed by atoms with Crippen molar-refractivity contribution in [2.24, 2.45) is 5.73 Å². The molecule has 0 bridgehead atoms. The third-order valence-electron chi connectivity index (χ3n) is 2.63. The molecule has 0 spiro atoms. The van der Waals surface area contributed by atoms with Gasteiger partial charge in [0, 0.05) is 12.3 Å². The molecule has 0 saturated carbocycles. The number of aromatic nitrogens is 1. The van der Waals surface area contributed by atoms with Crippen LogP contribution in [0, 0.1) is 0 Å². The Labute approximate surface area is 118 Å². The minimum atomic E-state index is -0.826. The number of nitrogens with one attached hydrogen (secondary N) is 1. The van der Waals surface area contributed by atoms with Crippen LogP contribution in [0.3, 0.4) is 0 Å². The fourth-order valence-corrected chi connectivity index (χ4v) is 1.71. The van der Waals surface area contributed by atoms with Gasteiger partial charge in [0.05, 0.1) is 17.1 Å². The molecule has 1 amide bonds. The Bertz CT molecular complexity index is 407. The third kappa shape index (κ3) is 5.44. The van der Waals surface area contributed by atoms with Gasteiger partial charge in [-0.3, -0.25) is 4.79 Å². The van der Waals surface area contributed by atoms with Crippen molar-refractivity contribution in [3.8, 4) is 5.88 Å². The average Bonchev–Trinajstić information content (AvgIpc) is 2.36. The van der Waals surface area contributed by atoms with Crippen molar-refractivity contribution < 1.29 is 9.53 Å². The van der Waals surface area contributed by atoms with Crippen LogP contribution in [0.2, 0.25) is 5.02 Å². The van der Waals surface area contributed by atoms with E-state index in [1.807, 2.05) is 6.92 Å². The monoisotopic (exact) mass is 285 g/mol. The van der Waals surface area contributed by atoms with Crippen LogP contribution in [0.5, 0.6) is 5.88 Å². The predicted molar refractivity (Wildman–Crippen MR) is 75.3 cm³/mol. The van der Waals surface area contributed by atoms with Crippen molar-refractivity contribution in [1.82, 2.24) is 10.3 Å². The SMILES string of the molecule is CCCC(C)(N)C(=O)NCCOc1ccc(Cl)cn1. The van der Waals surface area contributed by atoms with Crippen LogP contribution in [0.15, 0.2) is 18.3 Å². The Morgan fingerprint density at radius 3 is 2.89 bits per heavy atom. The number of hydrogen-bond donors (Lipinski definition) is 2. The molecule has 1 unspecified atom stereocenters. The summed E-state index contributed by atoms with van der Waals surface area (Å²) in [4.78, 5) is 15.8. The topological polar surface area (TPSA) is 77.2 Å². The van der Waals surface area contributed by atoms with Gasteiger partial charge in [0.2, 0.25) is 11.8 Å². The van der Waals surface area contributed by atoms with E-state index in [1.165, 1.54) is 6.20 Å². The minimum absolute atomic E-state index is 0.165. The number of nitrogens with two attached hydrogens (primary N) is 1. The Morgan fingerprint density at radius 2 is 2.32 bits per heavy atom. The number of halogens is 1. The standard InChI is InChI=1S/C13H20ClN3O2/c1-3-6-13(2,15)12(18)16-7-8-19-11-5-4-10(14)9-17-11/h4-5,9H,3,6-8,15H2,1-2H3,(H,16,18). The number of ether oxygens (including phenoxy) is 1. The van der Waals surface area contributed by atoms with Crippen molar-refractivity contribution in [1.29, 1.82) is 0 Å². The second kappa shape index (κ2) is 7.31. The smallest absolute Gasteiger partial charge is 0.239 e. The highest BCUT2D eigenvalue weighted by molar-refractivity contribution is 6.30. The summed E-state index contributed by atoms with van der Waals surface area (Å²) >= 11 is 5.71. The first-order valence-electron chi connectivity index (χ1n) is 6.27. The lowest BCUT2D eigenvalue weighted by Gasteiger charge is -2.22. The van der Waals surface area contributed by atoms with E-state index in [0.717, 1.165) is 6.42 Å². The van der Waals surface area contributed by atoms with E-state index in [0.29, 0.717) is 30.5 Å². The highest BCUT2D eigenvalue weighted by atomic mass is 35.5. The maximum absolute atomic E-state index is 11.8. The molecule has 0 radical (unpaired) electrons. The normalized spacial score (nSPS) is 13.7. The summed E-state index contributed by atoms with van der Waals surface area (Å²) in [5.74, 6) is 0.310. The van der Waals surface area contributed by atoms with Gasteiger partial charge in [-0.05, 0) is 19.4 Å². The van der Waals surface area contributed by atoms with Gasteiger partial charge in [0.15, 0.2) is 0 Å². The average molecular weight is 286 g/mol. The number of carbonyl (C=O) groups is 1. The number of pyridine rings is 1. The van der Waals surface area contributed by atoms with Crippen LogP contribution in [0.1, 0.15) is 26.7 Å². The van der Waals surface area contributed by atoms with Crippen LogP contribution in [-0.4, -0.2) is 29.6 Å². The number of rotatable bonds is 7. The highest BCUT2D eigenvalue weighted by Gasteiger charge is 2.26. The summed E-state index contributed by atoms with van der Waals surface area (Å²) < 4.78 is 5.36. The zero-order chi connectivity index (χ0) is 14.3. The first kappa shape index (κ1) is 15.7. The molecular weight excluding hydrogens is 266 g/mol. The molecule has 6 heteroatoms. The first-order valence-corrected chi connectivity index (χ1v) is 6.65. The van der Waals surface area contributed by atoms with Crippen LogP contribution in [0.4, 0.5) is 0 Å². The lowest BCUT2D eigenvalue weighted by molar-refractivity contribution is -0.126. The van der Waals surface area contributed by atoms with E-state index in [2.05, 4.69) is 10.3 Å². The molecule has 106 valence electrons. The molecule has 0 aliphatic rings. The van der Waals surface area contributed by atoms with Gasteiger partial charge in [0.1, 0.15) is 6.61 Å². The van der Waals surface area contributed by atoms with Gasteiger partial charge in [-0.2, -0.15) is 0 Å². The minimum Gasteiger partial charge on any atom is -0.476 e. The zero-order valence-corrected chi connectivity index (χ0v) is 12.0. The van der Waals surface area contributed by atoms with Gasteiger partial charge in [-0.1, -0.05) is 24.9 Å². The maximum atomic E-state index is 11.8. The van der Waals surface area contributed by atoms with Crippen LogP contribution in [-0.2, 0) is 4.79 Å². The van der Waals surface area contributed by atoms with Crippen molar-refractivity contribution in [3.05, 3.63) is 23.4 Å². The molecule has 0 aliphatic carbocycles. The van der Waals surface area contributed by atoms with E-state index in [4.69, 9.17) is 22.1 Å². The van der Waals surface area contributed by atoms with Crippen molar-refractivity contribution in [2.45, 2.75) is 32.2 Å². The van der Waals surface area contributed by atoms with Crippen molar-refractivity contribution >= 4 is 17.5 Å². The van der Waals surface area contributed by atoms with Crippen LogP contribution < -0.4 is 15.8 Å². The van der Waals surface area contributed by atoms with E-state index >= 15 is 0 Å². The number of amides is 1. The van der Waals surface area contributed by atoms with E-state index in [-0.39, 0.29) is 5.91 Å². The second-order valence-corrected chi connectivity index (χ2v) is 5.02. The maximum Gasteiger partial charge on any atom is 0.239 e. The molecule has 1 aromatic rings. The van der Waals surface area contributed by atoms with E-state index < -0.39 is 5.54 Å².